The molecule has 2 heterocycles. The molecule has 24 heavy (non-hydrogen) atoms. The summed E-state index contributed by atoms with van der Waals surface area (Å²) in [6, 6.07) is 2.63. The van der Waals surface area contributed by atoms with Gasteiger partial charge in [-0.3, -0.25) is 0 Å². The minimum absolute atomic E-state index is 0.501. The van der Waals surface area contributed by atoms with Gasteiger partial charge in [-0.2, -0.15) is 0 Å². The Balaban J connectivity index is 0.000000368. The third-order valence-corrected chi connectivity index (χ3v) is 4.33. The Morgan fingerprint density at radius 3 is 2.54 bits per heavy atom. The Morgan fingerprint density at radius 1 is 1.33 bits per heavy atom. The molecular formula is C19H29N3O2. The summed E-state index contributed by atoms with van der Waals surface area (Å²) in [5.41, 5.74) is 3.55. The molecule has 3 rings (SSSR count). The molecule has 1 unspecified atom stereocenters. The molecule has 0 radical (unpaired) electrons. The molecule has 1 saturated carbocycles. The fourth-order valence-electron chi connectivity index (χ4n) is 3.03. The van der Waals surface area contributed by atoms with E-state index in [1.165, 1.54) is 50.5 Å². The Morgan fingerprint density at radius 2 is 1.96 bits per heavy atom. The van der Waals surface area contributed by atoms with E-state index in [9.17, 15) is 0 Å². The summed E-state index contributed by atoms with van der Waals surface area (Å²) in [7, 11) is 0. The van der Waals surface area contributed by atoms with Gasteiger partial charge in [0.15, 0.2) is 5.79 Å². The molecule has 0 spiro atoms. The number of aliphatic hydroxyl groups is 2. The number of fused-ring (bicyclic) bond motifs is 1. The van der Waals surface area contributed by atoms with Crippen LogP contribution in [-0.2, 0) is 0 Å². The van der Waals surface area contributed by atoms with Crippen LogP contribution in [0.2, 0.25) is 0 Å². The third kappa shape index (κ3) is 5.14. The summed E-state index contributed by atoms with van der Waals surface area (Å²) in [6.07, 6.45) is 8.79. The zero-order valence-corrected chi connectivity index (χ0v) is 15.2. The van der Waals surface area contributed by atoms with Crippen molar-refractivity contribution in [2.45, 2.75) is 65.2 Å². The number of hydrogen-bond acceptors (Lipinski definition) is 4. The highest BCUT2D eigenvalue weighted by Crippen LogP contribution is 2.36. The van der Waals surface area contributed by atoms with Gasteiger partial charge in [-0.15, -0.1) is 0 Å². The van der Waals surface area contributed by atoms with E-state index < -0.39 is 5.79 Å². The van der Waals surface area contributed by atoms with Crippen molar-refractivity contribution in [3.05, 3.63) is 36.4 Å². The number of nitrogens with zero attached hydrogens (tertiary/aromatic N) is 3. The van der Waals surface area contributed by atoms with Crippen molar-refractivity contribution in [1.29, 1.82) is 0 Å². The van der Waals surface area contributed by atoms with Gasteiger partial charge in [0.05, 0.1) is 5.69 Å². The summed E-state index contributed by atoms with van der Waals surface area (Å²) in [6.45, 7) is 10.9. The maximum absolute atomic E-state index is 8.08. The normalized spacial score (nSPS) is 16.5. The molecule has 2 aromatic heterocycles. The van der Waals surface area contributed by atoms with Crippen LogP contribution in [0, 0.1) is 12.8 Å². The number of allylic oxidation sites excluding steroid dienone is 1. The number of aryl methyl sites for hydroxylation is 1. The minimum atomic E-state index is -1.50. The van der Waals surface area contributed by atoms with Crippen molar-refractivity contribution in [3.63, 3.8) is 0 Å². The Hall–Kier alpha value is -1.72. The van der Waals surface area contributed by atoms with Crippen molar-refractivity contribution in [2.75, 3.05) is 0 Å². The van der Waals surface area contributed by atoms with Gasteiger partial charge in [0.2, 0.25) is 0 Å². The molecule has 2 N–H and O–H groups in total. The molecule has 0 aliphatic heterocycles. The first kappa shape index (κ1) is 18.6. The Bertz CT molecular complexity index is 686. The van der Waals surface area contributed by atoms with Crippen LogP contribution in [0.4, 0.5) is 0 Å². The van der Waals surface area contributed by atoms with Gasteiger partial charge in [0.25, 0.3) is 0 Å². The van der Waals surface area contributed by atoms with Gasteiger partial charge in [0.1, 0.15) is 12.0 Å². The van der Waals surface area contributed by atoms with E-state index in [-0.39, 0.29) is 0 Å². The first-order valence-electron chi connectivity index (χ1n) is 8.54. The van der Waals surface area contributed by atoms with Crippen LogP contribution in [0.15, 0.2) is 30.7 Å². The van der Waals surface area contributed by atoms with Crippen molar-refractivity contribution in [3.8, 4) is 0 Å². The second kappa shape index (κ2) is 7.45. The monoisotopic (exact) mass is 331 g/mol. The maximum Gasteiger partial charge on any atom is 0.156 e. The van der Waals surface area contributed by atoms with E-state index in [2.05, 4.69) is 40.3 Å². The van der Waals surface area contributed by atoms with Gasteiger partial charge in [-0.05, 0) is 65.4 Å². The molecular weight excluding hydrogens is 302 g/mol. The standard InChI is InChI=1S/C16H21N3.C3H8O2/c1-11-8-14(9-11)5-4-12(2)19-7-6-15-13(3)17-10-18-16(15)19;1-3(2,4)5/h6-7,10,12,14H,1,4-5,8-9H2,2-3H3;4-5H,1-2H3. The summed E-state index contributed by atoms with van der Waals surface area (Å²) in [5.74, 6) is -0.631. The van der Waals surface area contributed by atoms with Crippen molar-refractivity contribution in [2.24, 2.45) is 5.92 Å². The van der Waals surface area contributed by atoms with Crippen LogP contribution in [0.5, 0.6) is 0 Å². The maximum atomic E-state index is 8.08. The lowest BCUT2D eigenvalue weighted by atomic mass is 9.78. The van der Waals surface area contributed by atoms with Gasteiger partial charge in [0, 0.05) is 17.6 Å². The second-order valence-corrected chi connectivity index (χ2v) is 7.36. The van der Waals surface area contributed by atoms with Crippen molar-refractivity contribution in [1.82, 2.24) is 14.5 Å². The average molecular weight is 331 g/mol. The van der Waals surface area contributed by atoms with E-state index in [0.29, 0.717) is 6.04 Å². The van der Waals surface area contributed by atoms with Gasteiger partial charge < -0.3 is 14.8 Å². The molecule has 1 aliphatic rings. The SMILES string of the molecule is C=C1CC(CCC(C)n2ccc3c(C)ncnc32)C1.CC(C)(O)O. The van der Waals surface area contributed by atoms with Crippen LogP contribution >= 0.6 is 0 Å². The van der Waals surface area contributed by atoms with Gasteiger partial charge in [-0.25, -0.2) is 9.97 Å². The quantitative estimate of drug-likeness (QED) is 0.661. The largest absolute Gasteiger partial charge is 0.366 e. The lowest BCUT2D eigenvalue weighted by molar-refractivity contribution is -0.127. The molecule has 0 aromatic carbocycles. The first-order chi connectivity index (χ1) is 11.1. The molecule has 0 bridgehead atoms. The lowest BCUT2D eigenvalue weighted by Gasteiger charge is -2.29. The molecule has 132 valence electrons. The highest BCUT2D eigenvalue weighted by molar-refractivity contribution is 5.78. The zero-order valence-electron chi connectivity index (χ0n) is 15.2. The number of aromatic nitrogens is 3. The fraction of sp³-hybridized carbons (Fsp3) is 0.579. The Labute approximate surface area is 144 Å². The molecule has 1 atom stereocenters. The number of rotatable bonds is 4. The van der Waals surface area contributed by atoms with Crippen LogP contribution < -0.4 is 0 Å². The Kier molecular flexibility index (Phi) is 5.78. The van der Waals surface area contributed by atoms with E-state index in [4.69, 9.17) is 10.2 Å². The van der Waals surface area contributed by atoms with Crippen LogP contribution in [0.3, 0.4) is 0 Å². The zero-order chi connectivity index (χ0) is 17.9. The molecule has 5 nitrogen and oxygen atoms in total. The summed E-state index contributed by atoms with van der Waals surface area (Å²) in [5, 5.41) is 17.3. The van der Waals surface area contributed by atoms with Crippen LogP contribution in [-0.4, -0.2) is 30.5 Å². The second-order valence-electron chi connectivity index (χ2n) is 7.36. The third-order valence-electron chi connectivity index (χ3n) is 4.33. The fourth-order valence-corrected chi connectivity index (χ4v) is 3.03. The smallest absolute Gasteiger partial charge is 0.156 e. The molecule has 2 aromatic rings. The molecule has 1 aliphatic carbocycles. The van der Waals surface area contributed by atoms with E-state index in [0.717, 1.165) is 17.3 Å². The van der Waals surface area contributed by atoms with Crippen LogP contribution in [0.1, 0.15) is 58.2 Å². The molecule has 0 saturated heterocycles. The van der Waals surface area contributed by atoms with E-state index in [1.54, 1.807) is 6.33 Å². The minimum Gasteiger partial charge on any atom is -0.366 e. The van der Waals surface area contributed by atoms with Crippen molar-refractivity contribution < 1.29 is 10.2 Å². The lowest BCUT2D eigenvalue weighted by Crippen LogP contribution is -2.15. The molecule has 1 fully saturated rings. The van der Waals surface area contributed by atoms with Crippen LogP contribution in [0.25, 0.3) is 11.0 Å². The summed E-state index contributed by atoms with van der Waals surface area (Å²) >= 11 is 0. The topological polar surface area (TPSA) is 71.2 Å². The number of hydrogen-bond donors (Lipinski definition) is 2. The predicted molar refractivity (Wildman–Crippen MR) is 96.6 cm³/mol. The van der Waals surface area contributed by atoms with E-state index in [1.807, 2.05) is 6.92 Å². The first-order valence-corrected chi connectivity index (χ1v) is 8.54. The van der Waals surface area contributed by atoms with E-state index >= 15 is 0 Å². The summed E-state index contributed by atoms with van der Waals surface area (Å²) < 4.78 is 2.29. The average Bonchev–Trinajstić information content (AvgIpc) is 2.85. The summed E-state index contributed by atoms with van der Waals surface area (Å²) in [4.78, 5) is 8.68. The predicted octanol–water partition coefficient (Wildman–Crippen LogP) is 3.75. The van der Waals surface area contributed by atoms with Gasteiger partial charge in [-0.1, -0.05) is 12.2 Å². The highest BCUT2D eigenvalue weighted by atomic mass is 16.5. The van der Waals surface area contributed by atoms with Gasteiger partial charge >= 0.3 is 0 Å². The molecule has 0 amide bonds. The van der Waals surface area contributed by atoms with Crippen molar-refractivity contribution >= 4 is 11.0 Å². The highest BCUT2D eigenvalue weighted by Gasteiger charge is 2.22. The molecule has 5 heteroatoms.